The molecule has 2 N–H and O–H groups in total. The van der Waals surface area contributed by atoms with E-state index < -0.39 is 30.7 Å². The van der Waals surface area contributed by atoms with Crippen LogP contribution in [0.3, 0.4) is 0 Å². The number of benzene rings is 2. The molecule has 1 aliphatic heterocycles. The smallest absolute Gasteiger partial charge is 0.186 e. The van der Waals surface area contributed by atoms with Crippen molar-refractivity contribution in [2.75, 3.05) is 13.2 Å². The zero-order chi connectivity index (χ0) is 24.0. The molecule has 34 heavy (non-hydrogen) atoms. The second-order valence-corrected chi connectivity index (χ2v) is 8.88. The minimum Gasteiger partial charge on any atom is -0.394 e. The molecule has 2 aromatic rings. The molecule has 1 aliphatic rings. The number of aliphatic hydroxyl groups is 2. The first-order chi connectivity index (χ1) is 16.7. The van der Waals surface area contributed by atoms with Crippen LogP contribution in [0.1, 0.15) is 56.6 Å². The Morgan fingerprint density at radius 3 is 1.88 bits per heavy atom. The molecule has 3 rings (SSSR count). The van der Waals surface area contributed by atoms with E-state index in [-0.39, 0.29) is 6.61 Å². The lowest BCUT2D eigenvalue weighted by molar-refractivity contribution is -0.319. The van der Waals surface area contributed by atoms with Crippen LogP contribution in [0.2, 0.25) is 0 Å². The molecular formula is C28H40O6. The minimum atomic E-state index is -1.04. The Morgan fingerprint density at radius 2 is 1.29 bits per heavy atom. The largest absolute Gasteiger partial charge is 0.394 e. The highest BCUT2D eigenvalue weighted by atomic mass is 16.7. The fourth-order valence-electron chi connectivity index (χ4n) is 4.16. The van der Waals surface area contributed by atoms with Crippen LogP contribution in [0.4, 0.5) is 0 Å². The maximum Gasteiger partial charge on any atom is 0.186 e. The van der Waals surface area contributed by atoms with Gasteiger partial charge in [0.15, 0.2) is 6.29 Å². The molecule has 1 fully saturated rings. The number of unbranched alkanes of at least 4 members (excludes halogenated alkanes) is 5. The van der Waals surface area contributed by atoms with Gasteiger partial charge >= 0.3 is 0 Å². The zero-order valence-corrected chi connectivity index (χ0v) is 20.3. The van der Waals surface area contributed by atoms with E-state index in [4.69, 9.17) is 18.9 Å². The number of ether oxygens (including phenoxy) is 4. The van der Waals surface area contributed by atoms with Crippen molar-refractivity contribution < 1.29 is 29.2 Å². The van der Waals surface area contributed by atoms with Crippen molar-refractivity contribution >= 4 is 0 Å². The lowest BCUT2D eigenvalue weighted by atomic mass is 9.98. The molecule has 6 nitrogen and oxygen atoms in total. The Bertz CT molecular complexity index is 771. The Morgan fingerprint density at radius 1 is 0.735 bits per heavy atom. The fourth-order valence-corrected chi connectivity index (χ4v) is 4.16. The van der Waals surface area contributed by atoms with Crippen LogP contribution in [0, 0.1) is 0 Å². The summed E-state index contributed by atoms with van der Waals surface area (Å²) in [5.74, 6) is 0. The summed E-state index contributed by atoms with van der Waals surface area (Å²) in [5, 5.41) is 20.8. The van der Waals surface area contributed by atoms with Gasteiger partial charge in [0, 0.05) is 6.61 Å². The van der Waals surface area contributed by atoms with Crippen molar-refractivity contribution in [1.82, 2.24) is 0 Å². The Hall–Kier alpha value is -1.80. The molecule has 0 unspecified atom stereocenters. The SMILES string of the molecule is CCCCCCCCO[C@H]1O[C@H](CO)[C@@H](O)[C@H](OCc2ccccc2)[C@H]1OCc1ccccc1. The maximum absolute atomic E-state index is 10.9. The molecule has 0 amide bonds. The molecule has 6 heteroatoms. The van der Waals surface area contributed by atoms with E-state index in [0.717, 1.165) is 24.0 Å². The predicted octanol–water partition coefficient (Wildman–Crippen LogP) is 4.61. The van der Waals surface area contributed by atoms with Gasteiger partial charge in [0.1, 0.15) is 24.4 Å². The second-order valence-electron chi connectivity index (χ2n) is 8.88. The van der Waals surface area contributed by atoms with Gasteiger partial charge in [-0.25, -0.2) is 0 Å². The highest BCUT2D eigenvalue weighted by Gasteiger charge is 2.47. The molecule has 0 bridgehead atoms. The third-order valence-electron chi connectivity index (χ3n) is 6.15. The van der Waals surface area contributed by atoms with E-state index in [1.807, 2.05) is 60.7 Å². The van der Waals surface area contributed by atoms with E-state index >= 15 is 0 Å². The van der Waals surface area contributed by atoms with Crippen LogP contribution in [0.5, 0.6) is 0 Å². The minimum absolute atomic E-state index is 0.316. The van der Waals surface area contributed by atoms with Gasteiger partial charge in [0.05, 0.1) is 19.8 Å². The van der Waals surface area contributed by atoms with Crippen LogP contribution in [-0.2, 0) is 32.2 Å². The summed E-state index contributed by atoms with van der Waals surface area (Å²) in [7, 11) is 0. The molecule has 188 valence electrons. The van der Waals surface area contributed by atoms with Gasteiger partial charge in [-0.15, -0.1) is 0 Å². The lowest BCUT2D eigenvalue weighted by Crippen LogP contribution is -2.60. The van der Waals surface area contributed by atoms with E-state index in [1.165, 1.54) is 25.7 Å². The normalized spacial score (nSPS) is 24.9. The highest BCUT2D eigenvalue weighted by molar-refractivity contribution is 5.14. The molecule has 0 aliphatic carbocycles. The molecule has 2 aromatic carbocycles. The highest BCUT2D eigenvalue weighted by Crippen LogP contribution is 2.28. The monoisotopic (exact) mass is 472 g/mol. The molecule has 5 atom stereocenters. The number of rotatable bonds is 15. The average molecular weight is 473 g/mol. The topological polar surface area (TPSA) is 77.4 Å². The van der Waals surface area contributed by atoms with Gasteiger partial charge in [0.2, 0.25) is 0 Å². The van der Waals surface area contributed by atoms with Crippen LogP contribution in [0.25, 0.3) is 0 Å². The van der Waals surface area contributed by atoms with E-state index in [0.29, 0.717) is 19.8 Å². The van der Waals surface area contributed by atoms with Gasteiger partial charge in [-0.05, 0) is 17.5 Å². The standard InChI is InChI=1S/C28H40O6/c1-2-3-4-5-6-13-18-31-28-27(33-21-23-16-11-8-12-17-23)26(25(30)24(19-29)34-28)32-20-22-14-9-7-10-15-22/h7-12,14-17,24-30H,2-6,13,18-21H2,1H3/t24-,25-,26+,27-,28+/m1/s1. The molecule has 0 radical (unpaired) electrons. The first-order valence-electron chi connectivity index (χ1n) is 12.6. The Kier molecular flexibility index (Phi) is 12.0. The molecular weight excluding hydrogens is 432 g/mol. The summed E-state index contributed by atoms with van der Waals surface area (Å²) in [6.45, 7) is 3.07. The molecule has 1 heterocycles. The van der Waals surface area contributed by atoms with Crippen molar-refractivity contribution in [1.29, 1.82) is 0 Å². The van der Waals surface area contributed by atoms with Gasteiger partial charge in [0.25, 0.3) is 0 Å². The molecule has 0 spiro atoms. The van der Waals surface area contributed by atoms with Crippen molar-refractivity contribution in [3.8, 4) is 0 Å². The summed E-state index contributed by atoms with van der Waals surface area (Å²) in [4.78, 5) is 0. The third-order valence-corrected chi connectivity index (χ3v) is 6.15. The van der Waals surface area contributed by atoms with Crippen LogP contribution < -0.4 is 0 Å². The van der Waals surface area contributed by atoms with E-state index in [9.17, 15) is 10.2 Å². The molecule has 0 aromatic heterocycles. The quantitative estimate of drug-likeness (QED) is 0.369. The van der Waals surface area contributed by atoms with Gasteiger partial charge in [-0.2, -0.15) is 0 Å². The van der Waals surface area contributed by atoms with Gasteiger partial charge < -0.3 is 29.2 Å². The van der Waals surface area contributed by atoms with Crippen LogP contribution in [-0.4, -0.2) is 54.1 Å². The summed E-state index contributed by atoms with van der Waals surface area (Å²) in [5.41, 5.74) is 2.01. The predicted molar refractivity (Wildman–Crippen MR) is 131 cm³/mol. The maximum atomic E-state index is 10.9. The van der Waals surface area contributed by atoms with Gasteiger partial charge in [-0.1, -0.05) is 99.7 Å². The van der Waals surface area contributed by atoms with E-state index in [1.54, 1.807) is 0 Å². The zero-order valence-electron chi connectivity index (χ0n) is 20.3. The number of hydrogen-bond donors (Lipinski definition) is 2. The Labute approximate surface area is 203 Å². The lowest BCUT2D eigenvalue weighted by Gasteiger charge is -2.43. The van der Waals surface area contributed by atoms with Crippen molar-refractivity contribution in [2.24, 2.45) is 0 Å². The average Bonchev–Trinajstić information content (AvgIpc) is 2.88. The van der Waals surface area contributed by atoms with Crippen molar-refractivity contribution in [3.63, 3.8) is 0 Å². The molecule has 1 saturated heterocycles. The summed E-state index contributed by atoms with van der Waals surface area (Å²) >= 11 is 0. The number of aliphatic hydroxyl groups excluding tert-OH is 2. The summed E-state index contributed by atoms with van der Waals surface area (Å²) < 4.78 is 24.5. The Balaban J connectivity index is 1.66. The third kappa shape index (κ3) is 8.45. The fraction of sp³-hybridized carbons (Fsp3) is 0.571. The first-order valence-corrected chi connectivity index (χ1v) is 12.6. The number of hydrogen-bond acceptors (Lipinski definition) is 6. The summed E-state index contributed by atoms with van der Waals surface area (Å²) in [6.07, 6.45) is 3.03. The van der Waals surface area contributed by atoms with E-state index in [2.05, 4.69) is 6.92 Å². The summed E-state index contributed by atoms with van der Waals surface area (Å²) in [6, 6.07) is 19.7. The van der Waals surface area contributed by atoms with Gasteiger partial charge in [-0.3, -0.25) is 0 Å². The first kappa shape index (κ1) is 26.8. The van der Waals surface area contributed by atoms with Crippen LogP contribution in [0.15, 0.2) is 60.7 Å². The molecule has 0 saturated carbocycles. The van der Waals surface area contributed by atoms with Crippen LogP contribution >= 0.6 is 0 Å². The van der Waals surface area contributed by atoms with Crippen molar-refractivity contribution in [3.05, 3.63) is 71.8 Å². The second kappa shape index (κ2) is 15.2. The van der Waals surface area contributed by atoms with Crippen molar-refractivity contribution in [2.45, 2.75) is 89.4 Å².